The van der Waals surface area contributed by atoms with Gasteiger partial charge in [-0.05, 0) is 52.7 Å². The van der Waals surface area contributed by atoms with Crippen LogP contribution in [0.15, 0.2) is 12.0 Å². The highest BCUT2D eigenvalue weighted by Gasteiger charge is 2.28. The van der Waals surface area contributed by atoms with Gasteiger partial charge in [0.1, 0.15) is 12.2 Å². The Balaban J connectivity index is 2.45. The molecule has 1 heterocycles. The van der Waals surface area contributed by atoms with Gasteiger partial charge in [-0.2, -0.15) is 0 Å². The predicted octanol–water partition coefficient (Wildman–Crippen LogP) is 1.41. The third-order valence-electron chi connectivity index (χ3n) is 3.95. The quantitative estimate of drug-likeness (QED) is 0.357. The number of hydrogen-bond acceptors (Lipinski definition) is 6. The van der Waals surface area contributed by atoms with Gasteiger partial charge >= 0.3 is 0 Å². The largest absolute Gasteiger partial charge is 0.476 e. The summed E-state index contributed by atoms with van der Waals surface area (Å²) in [5, 5.41) is 7.88. The lowest BCUT2D eigenvalue weighted by molar-refractivity contribution is 0.100. The molecule has 1 aliphatic heterocycles. The number of nitrogens with zero attached hydrogens (tertiary/aromatic N) is 1. The molecule has 6 heteroatoms. The number of rotatable bonds is 8. The third-order valence-corrected chi connectivity index (χ3v) is 3.95. The Morgan fingerprint density at radius 3 is 2.71 bits per heavy atom. The van der Waals surface area contributed by atoms with Crippen molar-refractivity contribution in [2.45, 2.75) is 57.8 Å². The van der Waals surface area contributed by atoms with E-state index in [9.17, 15) is 0 Å². The molecule has 0 bridgehead atoms. The fourth-order valence-electron chi connectivity index (χ4n) is 2.73. The maximum atomic E-state index is 7.88. The van der Waals surface area contributed by atoms with Gasteiger partial charge in [-0.3, -0.25) is 10.3 Å². The third kappa shape index (κ3) is 5.93. The van der Waals surface area contributed by atoms with E-state index in [1.807, 2.05) is 13.8 Å². The molecule has 0 aromatic heterocycles. The number of likely N-dealkylation sites (tertiary alicyclic amines) is 1. The molecule has 3 atom stereocenters. The van der Waals surface area contributed by atoms with Crippen molar-refractivity contribution in [2.24, 2.45) is 11.5 Å². The minimum absolute atomic E-state index is 0.00237. The van der Waals surface area contributed by atoms with Crippen LogP contribution in [0.3, 0.4) is 0 Å². The monoisotopic (exact) mass is 298 g/mol. The average molecular weight is 298 g/mol. The molecule has 1 saturated heterocycles. The van der Waals surface area contributed by atoms with Crippen molar-refractivity contribution < 1.29 is 9.47 Å². The Kier molecular flexibility index (Phi) is 7.53. The van der Waals surface area contributed by atoms with Crippen LogP contribution in [-0.4, -0.2) is 49.2 Å². The predicted molar refractivity (Wildman–Crippen MR) is 85.0 cm³/mol. The van der Waals surface area contributed by atoms with Gasteiger partial charge in [0.15, 0.2) is 5.88 Å². The lowest BCUT2D eigenvalue weighted by atomic mass is 10.1. The summed E-state index contributed by atoms with van der Waals surface area (Å²) in [5.41, 5.74) is 11.3. The lowest BCUT2D eigenvalue weighted by Crippen LogP contribution is -2.37. The number of nitrogens with one attached hydrogen (secondary N) is 1. The molecule has 0 saturated carbocycles. The van der Waals surface area contributed by atoms with Crippen molar-refractivity contribution in [1.29, 1.82) is 5.41 Å². The van der Waals surface area contributed by atoms with Crippen LogP contribution >= 0.6 is 0 Å². The summed E-state index contributed by atoms with van der Waals surface area (Å²) in [7, 11) is 2.09. The van der Waals surface area contributed by atoms with E-state index in [0.29, 0.717) is 12.6 Å². The summed E-state index contributed by atoms with van der Waals surface area (Å²) in [4.78, 5) is 2.27. The van der Waals surface area contributed by atoms with Gasteiger partial charge in [-0.1, -0.05) is 6.92 Å². The van der Waals surface area contributed by atoms with Gasteiger partial charge < -0.3 is 20.9 Å². The number of ether oxygens (including phenoxy) is 2. The first kappa shape index (κ1) is 17.8. The highest BCUT2D eigenvalue weighted by atomic mass is 16.5. The summed E-state index contributed by atoms with van der Waals surface area (Å²) < 4.78 is 11.2. The highest BCUT2D eigenvalue weighted by molar-refractivity contribution is 5.85. The Morgan fingerprint density at radius 2 is 2.19 bits per heavy atom. The molecule has 6 nitrogen and oxygen atoms in total. The van der Waals surface area contributed by atoms with E-state index in [2.05, 4.69) is 11.9 Å². The van der Waals surface area contributed by atoms with Crippen LogP contribution in [0.5, 0.6) is 0 Å². The van der Waals surface area contributed by atoms with Crippen LogP contribution in [-0.2, 0) is 9.47 Å². The van der Waals surface area contributed by atoms with Crippen LogP contribution in [0.1, 0.15) is 39.5 Å². The second-order valence-corrected chi connectivity index (χ2v) is 5.65. The average Bonchev–Trinajstić information content (AvgIpc) is 2.84. The Morgan fingerprint density at radius 1 is 1.48 bits per heavy atom. The molecule has 0 aromatic carbocycles. The molecule has 1 fully saturated rings. The SMILES string of the molecule is CCC(CCN)O/C(N)=C/C(=N)O[C@@H](C)C1CCCN1C. The van der Waals surface area contributed by atoms with Crippen molar-refractivity contribution in [3.8, 4) is 0 Å². The van der Waals surface area contributed by atoms with Gasteiger partial charge in [0.2, 0.25) is 5.90 Å². The van der Waals surface area contributed by atoms with Crippen LogP contribution in [0.2, 0.25) is 0 Å². The normalized spacial score (nSPS) is 22.9. The van der Waals surface area contributed by atoms with E-state index in [1.165, 1.54) is 12.5 Å². The second kappa shape index (κ2) is 8.89. The molecule has 0 spiro atoms. The van der Waals surface area contributed by atoms with Crippen molar-refractivity contribution in [3.63, 3.8) is 0 Å². The topological polar surface area (TPSA) is 97.6 Å². The summed E-state index contributed by atoms with van der Waals surface area (Å²) in [6, 6.07) is 0.363. The summed E-state index contributed by atoms with van der Waals surface area (Å²) >= 11 is 0. The van der Waals surface area contributed by atoms with Crippen molar-refractivity contribution in [3.05, 3.63) is 12.0 Å². The van der Waals surface area contributed by atoms with E-state index in [0.717, 1.165) is 25.8 Å². The smallest absolute Gasteiger partial charge is 0.211 e. The number of nitrogens with two attached hydrogens (primary N) is 2. The Bertz CT molecular complexity index is 360. The van der Waals surface area contributed by atoms with E-state index in [1.54, 1.807) is 0 Å². The Labute approximate surface area is 128 Å². The van der Waals surface area contributed by atoms with Gasteiger partial charge in [-0.15, -0.1) is 0 Å². The minimum atomic E-state index is -0.0277. The zero-order valence-corrected chi connectivity index (χ0v) is 13.5. The molecule has 2 unspecified atom stereocenters. The maximum Gasteiger partial charge on any atom is 0.211 e. The van der Waals surface area contributed by atoms with Crippen LogP contribution in [0.4, 0.5) is 0 Å². The minimum Gasteiger partial charge on any atom is -0.476 e. The number of likely N-dealkylation sites (N-methyl/N-ethyl adjacent to an activating group) is 1. The zero-order chi connectivity index (χ0) is 15.8. The first-order valence-electron chi connectivity index (χ1n) is 7.77. The highest BCUT2D eigenvalue weighted by Crippen LogP contribution is 2.20. The lowest BCUT2D eigenvalue weighted by Gasteiger charge is -2.26. The molecule has 5 N–H and O–H groups in total. The molecule has 21 heavy (non-hydrogen) atoms. The molecule has 0 radical (unpaired) electrons. The second-order valence-electron chi connectivity index (χ2n) is 5.65. The first-order valence-corrected chi connectivity index (χ1v) is 7.77. The Hall–Kier alpha value is -1.27. The van der Waals surface area contributed by atoms with Crippen molar-refractivity contribution in [2.75, 3.05) is 20.1 Å². The molecule has 0 aliphatic carbocycles. The van der Waals surface area contributed by atoms with Gasteiger partial charge in [0, 0.05) is 6.04 Å². The maximum absolute atomic E-state index is 7.88. The van der Waals surface area contributed by atoms with Gasteiger partial charge in [0.25, 0.3) is 0 Å². The summed E-state index contributed by atoms with van der Waals surface area (Å²) in [6.07, 6.45) is 5.28. The van der Waals surface area contributed by atoms with E-state index >= 15 is 0 Å². The first-order chi connectivity index (χ1) is 9.97. The van der Waals surface area contributed by atoms with Crippen LogP contribution in [0, 0.1) is 5.41 Å². The molecular formula is C15H30N4O2. The molecule has 1 rings (SSSR count). The van der Waals surface area contributed by atoms with Crippen molar-refractivity contribution >= 4 is 5.90 Å². The van der Waals surface area contributed by atoms with E-state index in [-0.39, 0.29) is 24.0 Å². The van der Waals surface area contributed by atoms with Crippen LogP contribution < -0.4 is 11.5 Å². The molecule has 0 amide bonds. The molecule has 1 aliphatic rings. The summed E-state index contributed by atoms with van der Waals surface area (Å²) in [5.74, 6) is 0.259. The number of hydrogen-bond donors (Lipinski definition) is 3. The van der Waals surface area contributed by atoms with E-state index < -0.39 is 0 Å². The van der Waals surface area contributed by atoms with Crippen molar-refractivity contribution in [1.82, 2.24) is 4.90 Å². The molecular weight excluding hydrogens is 268 g/mol. The summed E-state index contributed by atoms with van der Waals surface area (Å²) in [6.45, 7) is 5.66. The fourth-order valence-corrected chi connectivity index (χ4v) is 2.73. The fraction of sp³-hybridized carbons (Fsp3) is 0.800. The molecule has 122 valence electrons. The van der Waals surface area contributed by atoms with E-state index in [4.69, 9.17) is 26.4 Å². The van der Waals surface area contributed by atoms with Gasteiger partial charge in [-0.25, -0.2) is 0 Å². The zero-order valence-electron chi connectivity index (χ0n) is 13.5. The standard InChI is InChI=1S/C15H30N4O2/c1-4-12(7-8-16)21-15(18)10-14(17)20-11(2)13-6-5-9-19(13)3/h10-13,17H,4-9,16,18H2,1-3H3/b15-10+,17-14?/t11-,12?,13?/m0/s1. The molecule has 0 aromatic rings. The van der Waals surface area contributed by atoms with Gasteiger partial charge in [0.05, 0.1) is 6.08 Å². The van der Waals surface area contributed by atoms with Crippen LogP contribution in [0.25, 0.3) is 0 Å².